The van der Waals surface area contributed by atoms with Gasteiger partial charge in [0, 0.05) is 44.4 Å². The van der Waals surface area contributed by atoms with E-state index >= 15 is 0 Å². The molecule has 7 heteroatoms. The Morgan fingerprint density at radius 2 is 1.97 bits per heavy atom. The first-order valence-electron chi connectivity index (χ1n) is 10.0. The molecule has 0 saturated carbocycles. The van der Waals surface area contributed by atoms with Crippen LogP contribution in [-0.2, 0) is 11.3 Å². The van der Waals surface area contributed by atoms with Crippen molar-refractivity contribution in [2.24, 2.45) is 0 Å². The van der Waals surface area contributed by atoms with Crippen LogP contribution in [0.5, 0.6) is 11.5 Å². The second kappa shape index (κ2) is 10.1. The van der Waals surface area contributed by atoms with Gasteiger partial charge in [-0.05, 0) is 43.5 Å². The van der Waals surface area contributed by atoms with Crippen LogP contribution in [0.1, 0.15) is 31.7 Å². The Kier molecular flexibility index (Phi) is 7.30. The van der Waals surface area contributed by atoms with Gasteiger partial charge in [0.1, 0.15) is 17.3 Å². The molecule has 1 aliphatic heterocycles. The standard InChI is InChI=1S/C22H30N4O3/c1-16(12-22(27)25-19-8-7-18(28-2)13-20(19)29-3)23-14-17-6-9-21(24-15-17)26-10-4-5-11-26/h6-9,13,15-16,23H,4-5,10-12,14H2,1-3H3,(H,25,27). The summed E-state index contributed by atoms with van der Waals surface area (Å²) in [7, 11) is 3.16. The fraction of sp³-hybridized carbons (Fsp3) is 0.455. The molecule has 0 bridgehead atoms. The van der Waals surface area contributed by atoms with E-state index in [2.05, 4.69) is 32.7 Å². The predicted molar refractivity (Wildman–Crippen MR) is 115 cm³/mol. The molecule has 1 aromatic carbocycles. The van der Waals surface area contributed by atoms with Crippen molar-refractivity contribution in [3.63, 3.8) is 0 Å². The molecule has 1 unspecified atom stereocenters. The summed E-state index contributed by atoms with van der Waals surface area (Å²) in [5.74, 6) is 2.23. The van der Waals surface area contributed by atoms with Crippen LogP contribution in [0.3, 0.4) is 0 Å². The van der Waals surface area contributed by atoms with Gasteiger partial charge in [0.15, 0.2) is 0 Å². The maximum Gasteiger partial charge on any atom is 0.226 e. The van der Waals surface area contributed by atoms with Crippen molar-refractivity contribution in [3.05, 3.63) is 42.1 Å². The Hall–Kier alpha value is -2.80. The number of benzene rings is 1. The van der Waals surface area contributed by atoms with Crippen LogP contribution in [0.15, 0.2) is 36.5 Å². The lowest BCUT2D eigenvalue weighted by molar-refractivity contribution is -0.116. The highest BCUT2D eigenvalue weighted by Gasteiger charge is 2.14. The summed E-state index contributed by atoms with van der Waals surface area (Å²) in [5.41, 5.74) is 1.74. The van der Waals surface area contributed by atoms with E-state index in [0.717, 1.165) is 24.5 Å². The number of nitrogens with one attached hydrogen (secondary N) is 2. The molecule has 1 aromatic heterocycles. The minimum Gasteiger partial charge on any atom is -0.497 e. The van der Waals surface area contributed by atoms with Gasteiger partial charge in [0.05, 0.1) is 19.9 Å². The molecule has 1 fully saturated rings. The number of aromatic nitrogens is 1. The summed E-state index contributed by atoms with van der Waals surface area (Å²) in [5, 5.41) is 6.29. The van der Waals surface area contributed by atoms with Gasteiger partial charge in [-0.3, -0.25) is 4.79 Å². The predicted octanol–water partition coefficient (Wildman–Crippen LogP) is 3.21. The van der Waals surface area contributed by atoms with E-state index in [1.54, 1.807) is 32.4 Å². The van der Waals surface area contributed by atoms with Gasteiger partial charge in [-0.15, -0.1) is 0 Å². The smallest absolute Gasteiger partial charge is 0.226 e. The molecule has 1 aliphatic rings. The van der Waals surface area contributed by atoms with Crippen LogP contribution in [0.4, 0.5) is 11.5 Å². The Morgan fingerprint density at radius 3 is 2.62 bits per heavy atom. The zero-order chi connectivity index (χ0) is 20.6. The molecule has 2 heterocycles. The maximum atomic E-state index is 12.4. The zero-order valence-corrected chi connectivity index (χ0v) is 17.4. The summed E-state index contributed by atoms with van der Waals surface area (Å²) >= 11 is 0. The van der Waals surface area contributed by atoms with E-state index in [0.29, 0.717) is 30.2 Å². The molecule has 2 aromatic rings. The molecular weight excluding hydrogens is 368 g/mol. The van der Waals surface area contributed by atoms with Gasteiger partial charge < -0.3 is 25.0 Å². The summed E-state index contributed by atoms with van der Waals surface area (Å²) in [4.78, 5) is 19.3. The molecule has 7 nitrogen and oxygen atoms in total. The summed E-state index contributed by atoms with van der Waals surface area (Å²) in [6.07, 6.45) is 4.75. The van der Waals surface area contributed by atoms with Gasteiger partial charge in [-0.1, -0.05) is 6.07 Å². The molecule has 3 rings (SSSR count). The van der Waals surface area contributed by atoms with E-state index in [4.69, 9.17) is 9.47 Å². The van der Waals surface area contributed by atoms with Gasteiger partial charge >= 0.3 is 0 Å². The SMILES string of the molecule is COc1ccc(NC(=O)CC(C)NCc2ccc(N3CCCC3)nc2)c(OC)c1. The molecule has 0 aliphatic carbocycles. The highest BCUT2D eigenvalue weighted by atomic mass is 16.5. The zero-order valence-electron chi connectivity index (χ0n) is 17.4. The lowest BCUT2D eigenvalue weighted by Gasteiger charge is -2.17. The van der Waals surface area contributed by atoms with Crippen molar-refractivity contribution in [2.45, 2.75) is 38.8 Å². The van der Waals surface area contributed by atoms with Crippen molar-refractivity contribution >= 4 is 17.4 Å². The Morgan fingerprint density at radius 1 is 1.17 bits per heavy atom. The number of carbonyl (C=O) groups is 1. The van der Waals surface area contributed by atoms with Gasteiger partial charge in [0.2, 0.25) is 5.91 Å². The summed E-state index contributed by atoms with van der Waals surface area (Å²) < 4.78 is 10.5. The van der Waals surface area contributed by atoms with Crippen molar-refractivity contribution in [3.8, 4) is 11.5 Å². The van der Waals surface area contributed by atoms with Crippen molar-refractivity contribution in [2.75, 3.05) is 37.5 Å². The van der Waals surface area contributed by atoms with Crippen molar-refractivity contribution < 1.29 is 14.3 Å². The number of hydrogen-bond donors (Lipinski definition) is 2. The Balaban J connectivity index is 1.46. The van der Waals surface area contributed by atoms with E-state index < -0.39 is 0 Å². The van der Waals surface area contributed by atoms with E-state index in [9.17, 15) is 4.79 Å². The minimum atomic E-state index is -0.0732. The average Bonchev–Trinajstić information content (AvgIpc) is 3.27. The summed E-state index contributed by atoms with van der Waals surface area (Å²) in [6.45, 7) is 4.86. The van der Waals surface area contributed by atoms with Crippen LogP contribution in [0.2, 0.25) is 0 Å². The molecule has 1 atom stereocenters. The number of nitrogens with zero attached hydrogens (tertiary/aromatic N) is 2. The third kappa shape index (κ3) is 5.84. The first-order valence-corrected chi connectivity index (χ1v) is 10.0. The molecule has 0 radical (unpaired) electrons. The van der Waals surface area contributed by atoms with E-state index in [-0.39, 0.29) is 11.9 Å². The van der Waals surface area contributed by atoms with Crippen LogP contribution in [0, 0.1) is 0 Å². The van der Waals surface area contributed by atoms with Crippen LogP contribution >= 0.6 is 0 Å². The van der Waals surface area contributed by atoms with Gasteiger partial charge in [0.25, 0.3) is 0 Å². The Labute approximate surface area is 172 Å². The second-order valence-electron chi connectivity index (χ2n) is 7.32. The topological polar surface area (TPSA) is 75.7 Å². The minimum absolute atomic E-state index is 0.0255. The molecule has 1 amide bonds. The largest absolute Gasteiger partial charge is 0.497 e. The lowest BCUT2D eigenvalue weighted by Crippen LogP contribution is -2.30. The number of carbonyl (C=O) groups excluding carboxylic acids is 1. The first-order chi connectivity index (χ1) is 14.1. The average molecular weight is 399 g/mol. The van der Waals surface area contributed by atoms with Gasteiger partial charge in [-0.2, -0.15) is 0 Å². The maximum absolute atomic E-state index is 12.4. The molecular formula is C22H30N4O3. The fourth-order valence-corrected chi connectivity index (χ4v) is 3.40. The Bertz CT molecular complexity index is 804. The normalized spacial score (nSPS) is 14.5. The van der Waals surface area contributed by atoms with Crippen LogP contribution in [0.25, 0.3) is 0 Å². The van der Waals surface area contributed by atoms with Crippen LogP contribution < -0.4 is 25.0 Å². The molecule has 2 N–H and O–H groups in total. The lowest BCUT2D eigenvalue weighted by atomic mass is 10.2. The molecule has 0 spiro atoms. The number of rotatable bonds is 9. The second-order valence-corrected chi connectivity index (χ2v) is 7.32. The van der Waals surface area contributed by atoms with Crippen molar-refractivity contribution in [1.82, 2.24) is 10.3 Å². The molecule has 29 heavy (non-hydrogen) atoms. The van der Waals surface area contributed by atoms with Crippen molar-refractivity contribution in [1.29, 1.82) is 0 Å². The number of anilines is 2. The number of methoxy groups -OCH3 is 2. The molecule has 156 valence electrons. The number of pyridine rings is 1. The first kappa shape index (κ1) is 20.9. The number of amides is 1. The van der Waals surface area contributed by atoms with Crippen LogP contribution in [-0.4, -0.2) is 44.2 Å². The molecule has 1 saturated heterocycles. The third-order valence-electron chi connectivity index (χ3n) is 5.07. The fourth-order valence-electron chi connectivity index (χ4n) is 3.40. The number of hydrogen-bond acceptors (Lipinski definition) is 6. The quantitative estimate of drug-likeness (QED) is 0.676. The monoisotopic (exact) mass is 398 g/mol. The number of ether oxygens (including phenoxy) is 2. The summed E-state index contributed by atoms with van der Waals surface area (Å²) in [6, 6.07) is 9.52. The third-order valence-corrected chi connectivity index (χ3v) is 5.07. The van der Waals surface area contributed by atoms with Gasteiger partial charge in [-0.25, -0.2) is 4.98 Å². The van der Waals surface area contributed by atoms with E-state index in [1.807, 2.05) is 13.1 Å². The highest BCUT2D eigenvalue weighted by Crippen LogP contribution is 2.29. The highest BCUT2D eigenvalue weighted by molar-refractivity contribution is 5.92. The van der Waals surface area contributed by atoms with E-state index in [1.165, 1.54) is 12.8 Å².